The van der Waals surface area contributed by atoms with Crippen molar-refractivity contribution in [3.63, 3.8) is 0 Å². The third-order valence-electron chi connectivity index (χ3n) is 2.70. The van der Waals surface area contributed by atoms with Gasteiger partial charge in [0.1, 0.15) is 0 Å². The molecule has 0 aromatic carbocycles. The van der Waals surface area contributed by atoms with Crippen LogP contribution in [0.2, 0.25) is 0 Å². The van der Waals surface area contributed by atoms with Crippen LogP contribution in [0.5, 0.6) is 0 Å². The van der Waals surface area contributed by atoms with Crippen LogP contribution in [-0.4, -0.2) is 63.2 Å². The van der Waals surface area contributed by atoms with Crippen molar-refractivity contribution < 1.29 is 0 Å². The summed E-state index contributed by atoms with van der Waals surface area (Å²) in [5.74, 6) is 0. The van der Waals surface area contributed by atoms with Crippen LogP contribution in [0.4, 0.5) is 0 Å². The summed E-state index contributed by atoms with van der Waals surface area (Å²) in [4.78, 5) is 4.66. The molecule has 0 aromatic heterocycles. The van der Waals surface area contributed by atoms with Gasteiger partial charge in [-0.05, 0) is 53.1 Å². The van der Waals surface area contributed by atoms with Crippen LogP contribution < -0.4 is 10.9 Å². The topological polar surface area (TPSA) is 30.5 Å². The van der Waals surface area contributed by atoms with Crippen molar-refractivity contribution in [3.8, 4) is 0 Å². The van der Waals surface area contributed by atoms with Gasteiger partial charge in [-0.25, -0.2) is 0 Å². The van der Waals surface area contributed by atoms with E-state index >= 15 is 0 Å². The smallest absolute Gasteiger partial charge is 0.0112 e. The molecule has 0 atom stereocenters. The fourth-order valence-corrected chi connectivity index (χ4v) is 1.59. The van der Waals surface area contributed by atoms with Gasteiger partial charge in [-0.3, -0.25) is 10.9 Å². The molecule has 98 valence electrons. The molecule has 0 rings (SSSR count). The Kier molecular flexibility index (Phi) is 11.2. The second-order valence-corrected chi connectivity index (χ2v) is 4.39. The minimum Gasteiger partial charge on any atom is -0.309 e. The molecule has 0 aromatic rings. The summed E-state index contributed by atoms with van der Waals surface area (Å²) >= 11 is 0. The first-order valence-corrected chi connectivity index (χ1v) is 6.53. The van der Waals surface area contributed by atoms with E-state index in [1.165, 1.54) is 19.4 Å². The molecular formula is C12H30N4. The van der Waals surface area contributed by atoms with E-state index in [2.05, 4.69) is 48.6 Å². The van der Waals surface area contributed by atoms with Gasteiger partial charge in [0.25, 0.3) is 0 Å². The van der Waals surface area contributed by atoms with Gasteiger partial charge in [-0.15, -0.1) is 0 Å². The Hall–Kier alpha value is -0.160. The van der Waals surface area contributed by atoms with Gasteiger partial charge in [0.05, 0.1) is 0 Å². The Morgan fingerprint density at radius 2 is 1.31 bits per heavy atom. The van der Waals surface area contributed by atoms with Crippen molar-refractivity contribution in [2.45, 2.75) is 26.7 Å². The summed E-state index contributed by atoms with van der Waals surface area (Å²) in [5, 5.41) is 0. The number of hydrogen-bond acceptors (Lipinski definition) is 4. The summed E-state index contributed by atoms with van der Waals surface area (Å²) in [5.41, 5.74) is 6.52. The van der Waals surface area contributed by atoms with Gasteiger partial charge in [0, 0.05) is 13.1 Å². The van der Waals surface area contributed by atoms with E-state index in [0.717, 1.165) is 32.7 Å². The Morgan fingerprint density at radius 1 is 0.812 bits per heavy atom. The van der Waals surface area contributed by atoms with Crippen molar-refractivity contribution in [1.82, 2.24) is 20.7 Å². The second kappa shape index (κ2) is 11.3. The molecule has 4 nitrogen and oxygen atoms in total. The highest BCUT2D eigenvalue weighted by atomic mass is 15.3. The highest BCUT2D eigenvalue weighted by Gasteiger charge is 1.97. The summed E-state index contributed by atoms with van der Waals surface area (Å²) in [6, 6.07) is 0. The molecule has 4 heteroatoms. The molecular weight excluding hydrogens is 200 g/mol. The van der Waals surface area contributed by atoms with Gasteiger partial charge >= 0.3 is 0 Å². The summed E-state index contributed by atoms with van der Waals surface area (Å²) in [7, 11) is 4.22. The van der Waals surface area contributed by atoms with Crippen molar-refractivity contribution in [2.24, 2.45) is 0 Å². The van der Waals surface area contributed by atoms with Crippen molar-refractivity contribution in [1.29, 1.82) is 0 Å². The maximum absolute atomic E-state index is 3.27. The van der Waals surface area contributed by atoms with E-state index in [0.29, 0.717) is 0 Å². The minimum absolute atomic E-state index is 1.05. The van der Waals surface area contributed by atoms with Crippen LogP contribution in [0, 0.1) is 0 Å². The lowest BCUT2D eigenvalue weighted by atomic mass is 10.4. The van der Waals surface area contributed by atoms with Crippen LogP contribution in [0.1, 0.15) is 26.7 Å². The number of hydrogen-bond donors (Lipinski definition) is 2. The Balaban J connectivity index is 3.09. The highest BCUT2D eigenvalue weighted by Crippen LogP contribution is 1.88. The summed E-state index contributed by atoms with van der Waals surface area (Å²) in [6.07, 6.45) is 2.40. The lowest BCUT2D eigenvalue weighted by molar-refractivity contribution is 0.294. The van der Waals surface area contributed by atoms with Crippen LogP contribution in [0.15, 0.2) is 0 Å². The van der Waals surface area contributed by atoms with Gasteiger partial charge in [0.2, 0.25) is 0 Å². The van der Waals surface area contributed by atoms with Crippen molar-refractivity contribution in [2.75, 3.05) is 53.4 Å². The van der Waals surface area contributed by atoms with Crippen molar-refractivity contribution in [3.05, 3.63) is 0 Å². The zero-order valence-electron chi connectivity index (χ0n) is 11.6. The molecule has 0 spiro atoms. The molecule has 0 aliphatic heterocycles. The zero-order valence-corrected chi connectivity index (χ0v) is 11.6. The van der Waals surface area contributed by atoms with E-state index in [9.17, 15) is 0 Å². The van der Waals surface area contributed by atoms with E-state index in [4.69, 9.17) is 0 Å². The lowest BCUT2D eigenvalue weighted by Gasteiger charge is -2.17. The molecule has 2 N–H and O–H groups in total. The fourth-order valence-electron chi connectivity index (χ4n) is 1.59. The number of rotatable bonds is 11. The SMILES string of the molecule is CCN(CC)CCCNNCCCN(C)C. The predicted molar refractivity (Wildman–Crippen MR) is 71.6 cm³/mol. The molecule has 0 amide bonds. The van der Waals surface area contributed by atoms with Gasteiger partial charge in [0.15, 0.2) is 0 Å². The maximum atomic E-state index is 3.27. The van der Waals surface area contributed by atoms with Crippen LogP contribution in [0.25, 0.3) is 0 Å². The zero-order chi connectivity index (χ0) is 12.2. The average Bonchev–Trinajstić information content (AvgIpc) is 2.27. The van der Waals surface area contributed by atoms with E-state index in [1.54, 1.807) is 0 Å². The molecule has 0 bridgehead atoms. The van der Waals surface area contributed by atoms with Crippen LogP contribution >= 0.6 is 0 Å². The van der Waals surface area contributed by atoms with E-state index < -0.39 is 0 Å². The van der Waals surface area contributed by atoms with Crippen LogP contribution in [-0.2, 0) is 0 Å². The first kappa shape index (κ1) is 15.8. The van der Waals surface area contributed by atoms with E-state index in [-0.39, 0.29) is 0 Å². The molecule has 0 radical (unpaired) electrons. The van der Waals surface area contributed by atoms with Crippen LogP contribution in [0.3, 0.4) is 0 Å². The molecule has 0 saturated heterocycles. The normalized spacial score (nSPS) is 11.6. The van der Waals surface area contributed by atoms with Gasteiger partial charge in [-0.2, -0.15) is 0 Å². The van der Waals surface area contributed by atoms with Crippen molar-refractivity contribution >= 4 is 0 Å². The number of hydrazine groups is 1. The monoisotopic (exact) mass is 230 g/mol. The Morgan fingerprint density at radius 3 is 1.75 bits per heavy atom. The number of nitrogens with zero attached hydrogens (tertiary/aromatic N) is 2. The third kappa shape index (κ3) is 10.4. The lowest BCUT2D eigenvalue weighted by Crippen LogP contribution is -2.36. The second-order valence-electron chi connectivity index (χ2n) is 4.39. The fraction of sp³-hybridized carbons (Fsp3) is 1.00. The predicted octanol–water partition coefficient (Wildman–Crippen LogP) is 0.764. The summed E-state index contributed by atoms with van der Waals surface area (Å²) < 4.78 is 0. The molecule has 16 heavy (non-hydrogen) atoms. The quantitative estimate of drug-likeness (QED) is 0.405. The minimum atomic E-state index is 1.05. The van der Waals surface area contributed by atoms with E-state index in [1.807, 2.05) is 0 Å². The maximum Gasteiger partial charge on any atom is 0.0112 e. The highest BCUT2D eigenvalue weighted by molar-refractivity contribution is 4.54. The Bertz CT molecular complexity index is 135. The van der Waals surface area contributed by atoms with Gasteiger partial charge in [-0.1, -0.05) is 13.8 Å². The molecule has 0 aliphatic rings. The average molecular weight is 230 g/mol. The molecule has 0 fully saturated rings. The van der Waals surface area contributed by atoms with Gasteiger partial charge < -0.3 is 9.80 Å². The molecule has 0 heterocycles. The summed E-state index contributed by atoms with van der Waals surface area (Å²) in [6.45, 7) is 11.2. The largest absolute Gasteiger partial charge is 0.309 e. The third-order valence-corrected chi connectivity index (χ3v) is 2.70. The first-order chi connectivity index (χ1) is 7.70. The molecule has 0 saturated carbocycles. The standard InChI is InChI=1S/C12H30N4/c1-5-16(6-2)12-8-10-14-13-9-7-11-15(3)4/h13-14H,5-12H2,1-4H3. The number of nitrogens with one attached hydrogen (secondary N) is 2. The Labute approximate surface area is 101 Å². The molecule has 0 aliphatic carbocycles. The molecule has 0 unspecified atom stereocenters. The first-order valence-electron chi connectivity index (χ1n) is 6.53.